The predicted molar refractivity (Wildman–Crippen MR) is 93.3 cm³/mol. The average molecular weight is 344 g/mol. The van der Waals surface area contributed by atoms with Crippen LogP contribution in [0.2, 0.25) is 0 Å². The third-order valence-electron chi connectivity index (χ3n) is 4.34. The Morgan fingerprint density at radius 1 is 1.52 bits per heavy atom. The lowest BCUT2D eigenvalue weighted by Gasteiger charge is -2.15. The van der Waals surface area contributed by atoms with Gasteiger partial charge in [0.25, 0.3) is 5.91 Å². The van der Waals surface area contributed by atoms with Gasteiger partial charge in [0.15, 0.2) is 0 Å². The molecule has 2 unspecified atom stereocenters. The molecule has 7 heteroatoms. The van der Waals surface area contributed by atoms with Crippen LogP contribution >= 0.6 is 0 Å². The van der Waals surface area contributed by atoms with E-state index in [1.165, 1.54) is 0 Å². The van der Waals surface area contributed by atoms with Crippen LogP contribution in [0.5, 0.6) is 0 Å². The van der Waals surface area contributed by atoms with Crippen LogP contribution in [0.4, 0.5) is 0 Å². The maximum atomic E-state index is 12.4. The number of nitrogens with one attached hydrogen (secondary N) is 1. The zero-order valence-electron chi connectivity index (χ0n) is 14.9. The minimum Gasteiger partial charge on any atom is -0.469 e. The average Bonchev–Trinajstić information content (AvgIpc) is 3.33. The Hall–Kier alpha value is -2.57. The number of aromatic nitrogens is 2. The molecule has 0 aromatic carbocycles. The molecule has 1 amide bonds. The van der Waals surface area contributed by atoms with Gasteiger partial charge >= 0.3 is 0 Å². The molecule has 0 fully saturated rings. The summed E-state index contributed by atoms with van der Waals surface area (Å²) in [5.41, 5.74) is 2.63. The molecule has 2 aromatic rings. The number of hydrogen-bond acceptors (Lipinski definition) is 5. The summed E-state index contributed by atoms with van der Waals surface area (Å²) in [4.78, 5) is 17.7. The molecule has 0 radical (unpaired) electrons. The van der Waals surface area contributed by atoms with E-state index in [-0.39, 0.29) is 11.9 Å². The molecule has 0 saturated carbocycles. The van der Waals surface area contributed by atoms with Crippen molar-refractivity contribution < 1.29 is 14.0 Å². The van der Waals surface area contributed by atoms with E-state index in [2.05, 4.69) is 15.6 Å². The lowest BCUT2D eigenvalue weighted by molar-refractivity contribution is -0.131. The number of aryl methyl sites for hydroxylation is 3. The Morgan fingerprint density at radius 3 is 3.04 bits per heavy atom. The van der Waals surface area contributed by atoms with Crippen LogP contribution in [0.3, 0.4) is 0 Å². The van der Waals surface area contributed by atoms with E-state index in [1.807, 2.05) is 43.8 Å². The van der Waals surface area contributed by atoms with Gasteiger partial charge in [-0.2, -0.15) is 5.10 Å². The minimum atomic E-state index is -0.578. The van der Waals surface area contributed by atoms with Crippen molar-refractivity contribution in [2.24, 2.45) is 5.16 Å². The van der Waals surface area contributed by atoms with Crippen LogP contribution in [0.1, 0.15) is 43.7 Å². The third-order valence-corrected chi connectivity index (χ3v) is 4.34. The first kappa shape index (κ1) is 17.3. The maximum Gasteiger partial charge on any atom is 0.264 e. The summed E-state index contributed by atoms with van der Waals surface area (Å²) in [7, 11) is 0. The highest BCUT2D eigenvalue weighted by Crippen LogP contribution is 2.19. The molecular weight excluding hydrogens is 320 g/mol. The van der Waals surface area contributed by atoms with Crippen molar-refractivity contribution in [3.05, 3.63) is 41.6 Å². The molecule has 2 aromatic heterocycles. The molecule has 0 aliphatic carbocycles. The first-order valence-electron chi connectivity index (χ1n) is 8.66. The van der Waals surface area contributed by atoms with Crippen molar-refractivity contribution in [1.29, 1.82) is 0 Å². The van der Waals surface area contributed by atoms with E-state index in [4.69, 9.17) is 9.25 Å². The minimum absolute atomic E-state index is 0.0369. The SMILES string of the molecule is CCn1cc(C2=NOC(C(=O)NC(C)CCc3ccco3)C2)c(C)n1. The van der Waals surface area contributed by atoms with Crippen molar-refractivity contribution in [3.63, 3.8) is 0 Å². The largest absolute Gasteiger partial charge is 0.469 e. The number of furan rings is 1. The highest BCUT2D eigenvalue weighted by molar-refractivity contribution is 6.04. The van der Waals surface area contributed by atoms with E-state index in [0.717, 1.165) is 42.1 Å². The summed E-state index contributed by atoms with van der Waals surface area (Å²) in [6.07, 6.45) is 5.09. The molecule has 134 valence electrons. The Bertz CT molecular complexity index is 748. The first-order chi connectivity index (χ1) is 12.1. The number of oxime groups is 1. The van der Waals surface area contributed by atoms with Crippen molar-refractivity contribution in [2.75, 3.05) is 0 Å². The lowest BCUT2D eigenvalue weighted by Crippen LogP contribution is -2.40. The first-order valence-corrected chi connectivity index (χ1v) is 8.66. The summed E-state index contributed by atoms with van der Waals surface area (Å²) in [6.45, 7) is 6.75. The van der Waals surface area contributed by atoms with Crippen LogP contribution in [0.15, 0.2) is 34.2 Å². The molecule has 0 bridgehead atoms. The smallest absolute Gasteiger partial charge is 0.264 e. The third kappa shape index (κ3) is 4.10. The zero-order chi connectivity index (χ0) is 17.8. The summed E-state index contributed by atoms with van der Waals surface area (Å²) < 4.78 is 7.17. The van der Waals surface area contributed by atoms with Gasteiger partial charge in [0.1, 0.15) is 5.76 Å². The van der Waals surface area contributed by atoms with Gasteiger partial charge in [0.05, 0.1) is 17.7 Å². The van der Waals surface area contributed by atoms with Crippen molar-refractivity contribution in [3.8, 4) is 0 Å². The fourth-order valence-corrected chi connectivity index (χ4v) is 2.86. The molecule has 0 saturated heterocycles. The van der Waals surface area contributed by atoms with Gasteiger partial charge in [-0.25, -0.2) is 0 Å². The van der Waals surface area contributed by atoms with Crippen LogP contribution in [-0.4, -0.2) is 33.5 Å². The molecule has 1 aliphatic rings. The number of nitrogens with zero attached hydrogens (tertiary/aromatic N) is 3. The van der Waals surface area contributed by atoms with Gasteiger partial charge in [0, 0.05) is 37.2 Å². The number of carbonyl (C=O) groups is 1. The van der Waals surface area contributed by atoms with E-state index in [1.54, 1.807) is 6.26 Å². The molecule has 7 nitrogen and oxygen atoms in total. The lowest BCUT2D eigenvalue weighted by atomic mass is 10.1. The quantitative estimate of drug-likeness (QED) is 0.836. The van der Waals surface area contributed by atoms with Gasteiger partial charge in [-0.1, -0.05) is 5.16 Å². The van der Waals surface area contributed by atoms with Gasteiger partial charge in [0.2, 0.25) is 6.10 Å². The van der Waals surface area contributed by atoms with Crippen LogP contribution < -0.4 is 5.32 Å². The monoisotopic (exact) mass is 344 g/mol. The highest BCUT2D eigenvalue weighted by atomic mass is 16.6. The molecule has 2 atom stereocenters. The summed E-state index contributed by atoms with van der Waals surface area (Å²) >= 11 is 0. The zero-order valence-corrected chi connectivity index (χ0v) is 14.9. The molecule has 1 aliphatic heterocycles. The molecule has 1 N–H and O–H groups in total. The van der Waals surface area contributed by atoms with Crippen molar-refractivity contribution >= 4 is 11.6 Å². The second kappa shape index (κ2) is 7.55. The highest BCUT2D eigenvalue weighted by Gasteiger charge is 2.30. The molecule has 0 spiro atoms. The second-order valence-electron chi connectivity index (χ2n) is 6.35. The number of rotatable bonds is 7. The van der Waals surface area contributed by atoms with E-state index in [9.17, 15) is 4.79 Å². The summed E-state index contributed by atoms with van der Waals surface area (Å²) in [5, 5.41) is 11.5. The number of hydrogen-bond donors (Lipinski definition) is 1. The van der Waals surface area contributed by atoms with Gasteiger partial charge in [-0.05, 0) is 39.3 Å². The number of amides is 1. The Morgan fingerprint density at radius 2 is 2.36 bits per heavy atom. The van der Waals surface area contributed by atoms with E-state index < -0.39 is 6.10 Å². The standard InChI is InChI=1S/C18H24N4O3/c1-4-22-11-15(13(3)20-22)16-10-17(25-21-16)18(23)19-12(2)7-8-14-6-5-9-24-14/h5-6,9,11-12,17H,4,7-8,10H2,1-3H3,(H,19,23). The topological polar surface area (TPSA) is 81.7 Å². The van der Waals surface area contributed by atoms with Crippen LogP contribution in [0, 0.1) is 6.92 Å². The Kier molecular flexibility index (Phi) is 5.21. The van der Waals surface area contributed by atoms with Gasteiger partial charge < -0.3 is 14.6 Å². The molecule has 3 rings (SSSR count). The van der Waals surface area contributed by atoms with E-state index >= 15 is 0 Å². The Balaban J connectivity index is 1.50. The van der Waals surface area contributed by atoms with Gasteiger partial charge in [-0.15, -0.1) is 0 Å². The van der Waals surface area contributed by atoms with Gasteiger partial charge in [-0.3, -0.25) is 9.48 Å². The maximum absolute atomic E-state index is 12.4. The fraction of sp³-hybridized carbons (Fsp3) is 0.500. The fourth-order valence-electron chi connectivity index (χ4n) is 2.86. The van der Waals surface area contributed by atoms with Crippen LogP contribution in [0.25, 0.3) is 0 Å². The normalized spacial score (nSPS) is 17.9. The van der Waals surface area contributed by atoms with Crippen LogP contribution in [-0.2, 0) is 22.6 Å². The summed E-state index contributed by atoms with van der Waals surface area (Å²) in [6, 6.07) is 3.84. The number of carbonyl (C=O) groups excluding carboxylic acids is 1. The Labute approximate surface area is 147 Å². The van der Waals surface area contributed by atoms with Crippen molar-refractivity contribution in [2.45, 2.75) is 58.7 Å². The second-order valence-corrected chi connectivity index (χ2v) is 6.35. The van der Waals surface area contributed by atoms with E-state index in [0.29, 0.717) is 6.42 Å². The van der Waals surface area contributed by atoms with Crippen molar-refractivity contribution in [1.82, 2.24) is 15.1 Å². The predicted octanol–water partition coefficient (Wildman–Crippen LogP) is 2.43. The molecular formula is C18H24N4O3. The molecule has 3 heterocycles. The molecule has 25 heavy (non-hydrogen) atoms. The summed E-state index contributed by atoms with van der Waals surface area (Å²) in [5.74, 6) is 0.790.